The van der Waals surface area contributed by atoms with E-state index in [0.717, 1.165) is 0 Å². The Kier molecular flexibility index (Phi) is 5.93. The summed E-state index contributed by atoms with van der Waals surface area (Å²) in [4.78, 5) is 38.0. The first-order chi connectivity index (χ1) is 13.5. The van der Waals surface area contributed by atoms with Crippen LogP contribution in [0.4, 0.5) is 17.1 Å². The highest BCUT2D eigenvalue weighted by molar-refractivity contribution is 6.04. The first kappa shape index (κ1) is 19.4. The third-order valence-corrected chi connectivity index (χ3v) is 4.42. The van der Waals surface area contributed by atoms with Crippen molar-refractivity contribution < 1.29 is 19.1 Å². The number of carbonyl (C=O) groups is 3. The van der Waals surface area contributed by atoms with Crippen LogP contribution >= 0.6 is 0 Å². The number of rotatable bonds is 6. The number of para-hydroxylation sites is 2. The minimum Gasteiger partial charge on any atom is -0.492 e. The summed E-state index contributed by atoms with van der Waals surface area (Å²) in [6.45, 7) is 4.08. The smallest absolute Gasteiger partial charge is 0.229 e. The first-order valence-electron chi connectivity index (χ1n) is 9.18. The van der Waals surface area contributed by atoms with Gasteiger partial charge in [0.25, 0.3) is 0 Å². The fraction of sp³-hybridized carbons (Fsp3) is 0.286. The summed E-state index contributed by atoms with van der Waals surface area (Å²) in [5.74, 6) is -0.400. The number of amides is 3. The Bertz CT molecular complexity index is 897. The second kappa shape index (κ2) is 8.56. The van der Waals surface area contributed by atoms with E-state index in [0.29, 0.717) is 29.4 Å². The highest BCUT2D eigenvalue weighted by Gasteiger charge is 2.35. The molecule has 1 saturated heterocycles. The predicted molar refractivity (Wildman–Crippen MR) is 107 cm³/mol. The van der Waals surface area contributed by atoms with E-state index < -0.39 is 5.92 Å². The van der Waals surface area contributed by atoms with Crippen LogP contribution in [-0.2, 0) is 14.4 Å². The summed E-state index contributed by atoms with van der Waals surface area (Å²) < 4.78 is 5.53. The van der Waals surface area contributed by atoms with Gasteiger partial charge in [-0.1, -0.05) is 18.2 Å². The van der Waals surface area contributed by atoms with Gasteiger partial charge in [-0.3, -0.25) is 14.4 Å². The number of nitrogens with zero attached hydrogens (tertiary/aromatic N) is 1. The third kappa shape index (κ3) is 4.49. The van der Waals surface area contributed by atoms with Gasteiger partial charge in [0, 0.05) is 31.3 Å². The molecular weight excluding hydrogens is 358 g/mol. The molecule has 1 atom stereocenters. The maximum absolute atomic E-state index is 12.7. The fourth-order valence-corrected chi connectivity index (χ4v) is 3.17. The zero-order chi connectivity index (χ0) is 20.1. The molecule has 1 heterocycles. The second-order valence-corrected chi connectivity index (χ2v) is 6.56. The minimum absolute atomic E-state index is 0.127. The molecule has 2 aromatic rings. The normalized spacial score (nSPS) is 16.0. The average Bonchev–Trinajstić information content (AvgIpc) is 3.05. The van der Waals surface area contributed by atoms with Crippen LogP contribution in [0.5, 0.6) is 5.75 Å². The standard InChI is InChI=1S/C21H23N3O4/c1-3-28-19-10-5-4-9-18(19)23-21(27)15-11-20(26)24(13-15)17-8-6-7-16(12-17)22-14(2)25/h4-10,12,15H,3,11,13H2,1-2H3,(H,22,25)(H,23,27)/t15-/m0/s1. The molecule has 1 aliphatic rings. The van der Waals surface area contributed by atoms with E-state index in [1.807, 2.05) is 19.1 Å². The Morgan fingerprint density at radius 1 is 1.14 bits per heavy atom. The summed E-state index contributed by atoms with van der Waals surface area (Å²) in [6.07, 6.45) is 0.132. The van der Waals surface area contributed by atoms with Crippen molar-refractivity contribution in [3.63, 3.8) is 0 Å². The van der Waals surface area contributed by atoms with Gasteiger partial charge in [0.1, 0.15) is 5.75 Å². The van der Waals surface area contributed by atoms with Gasteiger partial charge in [-0.2, -0.15) is 0 Å². The van der Waals surface area contributed by atoms with Gasteiger partial charge in [0.05, 0.1) is 18.2 Å². The summed E-state index contributed by atoms with van der Waals surface area (Å²) in [7, 11) is 0. The number of benzene rings is 2. The fourth-order valence-electron chi connectivity index (χ4n) is 3.17. The van der Waals surface area contributed by atoms with Gasteiger partial charge in [0.15, 0.2) is 0 Å². The minimum atomic E-state index is -0.466. The lowest BCUT2D eigenvalue weighted by molar-refractivity contribution is -0.122. The van der Waals surface area contributed by atoms with Crippen LogP contribution in [0.1, 0.15) is 20.3 Å². The van der Waals surface area contributed by atoms with Crippen LogP contribution in [0.25, 0.3) is 0 Å². The number of nitrogens with one attached hydrogen (secondary N) is 2. The molecule has 0 spiro atoms. The number of carbonyl (C=O) groups excluding carboxylic acids is 3. The van der Waals surface area contributed by atoms with Crippen LogP contribution in [0.15, 0.2) is 48.5 Å². The van der Waals surface area contributed by atoms with Crippen LogP contribution < -0.4 is 20.3 Å². The highest BCUT2D eigenvalue weighted by atomic mass is 16.5. The quantitative estimate of drug-likeness (QED) is 0.805. The molecule has 2 N–H and O–H groups in total. The molecule has 0 unspecified atom stereocenters. The van der Waals surface area contributed by atoms with E-state index in [1.54, 1.807) is 41.3 Å². The molecule has 28 heavy (non-hydrogen) atoms. The van der Waals surface area contributed by atoms with Crippen molar-refractivity contribution in [2.24, 2.45) is 5.92 Å². The van der Waals surface area contributed by atoms with Crippen molar-refractivity contribution in [1.29, 1.82) is 0 Å². The van der Waals surface area contributed by atoms with Crippen LogP contribution in [0, 0.1) is 5.92 Å². The lowest BCUT2D eigenvalue weighted by Crippen LogP contribution is -2.28. The van der Waals surface area contributed by atoms with Crippen LogP contribution in [-0.4, -0.2) is 30.9 Å². The molecule has 0 saturated carbocycles. The molecule has 0 bridgehead atoms. The summed E-state index contributed by atoms with van der Waals surface area (Å²) in [5, 5.41) is 5.57. The van der Waals surface area contributed by atoms with Gasteiger partial charge in [-0.15, -0.1) is 0 Å². The zero-order valence-electron chi connectivity index (χ0n) is 15.9. The monoisotopic (exact) mass is 381 g/mol. The topological polar surface area (TPSA) is 87.7 Å². The van der Waals surface area contributed by atoms with Crippen molar-refractivity contribution in [2.75, 3.05) is 28.7 Å². The largest absolute Gasteiger partial charge is 0.492 e. The Hall–Kier alpha value is -3.35. The molecular formula is C21H23N3O4. The molecule has 0 aromatic heterocycles. The average molecular weight is 381 g/mol. The van der Waals surface area contributed by atoms with E-state index in [1.165, 1.54) is 6.92 Å². The van der Waals surface area contributed by atoms with Gasteiger partial charge in [0.2, 0.25) is 17.7 Å². The van der Waals surface area contributed by atoms with E-state index in [4.69, 9.17) is 4.74 Å². The molecule has 7 heteroatoms. The number of ether oxygens (including phenoxy) is 1. The molecule has 1 aliphatic heterocycles. The van der Waals surface area contributed by atoms with Gasteiger partial charge < -0.3 is 20.3 Å². The zero-order valence-corrected chi connectivity index (χ0v) is 15.9. The van der Waals surface area contributed by atoms with E-state index in [2.05, 4.69) is 10.6 Å². The number of hydrogen-bond donors (Lipinski definition) is 2. The Balaban J connectivity index is 1.71. The van der Waals surface area contributed by atoms with E-state index in [-0.39, 0.29) is 30.7 Å². The summed E-state index contributed by atoms with van der Waals surface area (Å²) in [6, 6.07) is 14.2. The lowest BCUT2D eigenvalue weighted by Gasteiger charge is -2.18. The molecule has 3 rings (SSSR count). The molecule has 146 valence electrons. The van der Waals surface area contributed by atoms with Crippen LogP contribution in [0.2, 0.25) is 0 Å². The van der Waals surface area contributed by atoms with Crippen molar-refractivity contribution in [1.82, 2.24) is 0 Å². The van der Waals surface area contributed by atoms with E-state index in [9.17, 15) is 14.4 Å². The van der Waals surface area contributed by atoms with Gasteiger partial charge in [-0.25, -0.2) is 0 Å². The van der Waals surface area contributed by atoms with Crippen molar-refractivity contribution >= 4 is 34.8 Å². The van der Waals surface area contributed by atoms with E-state index >= 15 is 0 Å². The summed E-state index contributed by atoms with van der Waals surface area (Å²) >= 11 is 0. The van der Waals surface area contributed by atoms with Gasteiger partial charge in [-0.05, 0) is 37.3 Å². The number of anilines is 3. The Morgan fingerprint density at radius 2 is 1.93 bits per heavy atom. The SMILES string of the molecule is CCOc1ccccc1NC(=O)[C@H]1CC(=O)N(c2cccc(NC(C)=O)c2)C1. The number of hydrogen-bond acceptors (Lipinski definition) is 4. The van der Waals surface area contributed by atoms with Crippen molar-refractivity contribution in [3.8, 4) is 5.75 Å². The molecule has 0 aliphatic carbocycles. The molecule has 7 nitrogen and oxygen atoms in total. The predicted octanol–water partition coefficient (Wildman–Crippen LogP) is 3.04. The Labute approximate surface area is 163 Å². The molecule has 2 aromatic carbocycles. The molecule has 3 amide bonds. The van der Waals surface area contributed by atoms with Crippen molar-refractivity contribution in [3.05, 3.63) is 48.5 Å². The summed E-state index contributed by atoms with van der Waals surface area (Å²) in [5.41, 5.74) is 1.85. The maximum atomic E-state index is 12.7. The highest BCUT2D eigenvalue weighted by Crippen LogP contribution is 2.29. The molecule has 0 radical (unpaired) electrons. The Morgan fingerprint density at radius 3 is 2.68 bits per heavy atom. The first-order valence-corrected chi connectivity index (χ1v) is 9.18. The third-order valence-electron chi connectivity index (χ3n) is 4.42. The van der Waals surface area contributed by atoms with Crippen LogP contribution in [0.3, 0.4) is 0 Å². The van der Waals surface area contributed by atoms with Gasteiger partial charge >= 0.3 is 0 Å². The maximum Gasteiger partial charge on any atom is 0.229 e. The van der Waals surface area contributed by atoms with Crippen molar-refractivity contribution in [2.45, 2.75) is 20.3 Å². The second-order valence-electron chi connectivity index (χ2n) is 6.56. The lowest BCUT2D eigenvalue weighted by atomic mass is 10.1. The molecule has 1 fully saturated rings.